The van der Waals surface area contributed by atoms with Crippen molar-refractivity contribution in [2.75, 3.05) is 0 Å². The van der Waals surface area contributed by atoms with E-state index >= 15 is 0 Å². The van der Waals surface area contributed by atoms with E-state index in [1.807, 2.05) is 66.7 Å². The van der Waals surface area contributed by atoms with Crippen LogP contribution in [0.15, 0.2) is 69.9 Å². The van der Waals surface area contributed by atoms with Gasteiger partial charge in [-0.15, -0.1) is 0 Å². The standard InChI is InChI=1S/C23H13BrI2N2O2S/c24-15-7-5-13(6-8-15)12-30-21-16(25)9-14(10-17(21)26)11-20-22(29)28-19-4-2-1-3-18(19)27-23(28)31-20/h1-11H,12H2/b20-11-. The Balaban J connectivity index is 1.48. The van der Waals surface area contributed by atoms with Crippen LogP contribution < -0.4 is 14.8 Å². The Morgan fingerprint density at radius 3 is 2.52 bits per heavy atom. The minimum absolute atomic E-state index is 0.0331. The maximum absolute atomic E-state index is 13.0. The molecule has 8 heteroatoms. The molecular weight excluding hydrogens is 702 g/mol. The van der Waals surface area contributed by atoms with Crippen molar-refractivity contribution in [3.05, 3.63) is 98.3 Å². The van der Waals surface area contributed by atoms with Crippen LogP contribution in [0.4, 0.5) is 0 Å². The van der Waals surface area contributed by atoms with Crippen LogP contribution in [-0.4, -0.2) is 9.38 Å². The van der Waals surface area contributed by atoms with Crippen molar-refractivity contribution in [3.8, 4) is 5.75 Å². The first-order valence-electron chi connectivity index (χ1n) is 9.27. The second-order valence-corrected chi connectivity index (χ2v) is 11.1. The van der Waals surface area contributed by atoms with Crippen LogP contribution in [0.25, 0.3) is 22.1 Å². The number of thiazole rings is 1. The SMILES string of the molecule is O=c1/c(=C/c2cc(I)c(OCc3ccc(Br)cc3)c(I)c2)sc2nc3ccccc3n12. The van der Waals surface area contributed by atoms with E-state index in [4.69, 9.17) is 4.74 Å². The quantitative estimate of drug-likeness (QED) is 0.215. The number of ether oxygens (including phenoxy) is 1. The van der Waals surface area contributed by atoms with Crippen LogP contribution in [0, 0.1) is 7.14 Å². The average Bonchev–Trinajstić information content (AvgIpc) is 3.25. The van der Waals surface area contributed by atoms with E-state index in [0.29, 0.717) is 11.1 Å². The summed E-state index contributed by atoms with van der Waals surface area (Å²) in [5, 5.41) is 0. The number of halogens is 3. The summed E-state index contributed by atoms with van der Waals surface area (Å²) >= 11 is 9.44. The highest BCUT2D eigenvalue weighted by Crippen LogP contribution is 2.30. The Kier molecular flexibility index (Phi) is 6.06. The monoisotopic (exact) mass is 714 g/mol. The van der Waals surface area contributed by atoms with E-state index in [1.54, 1.807) is 4.40 Å². The summed E-state index contributed by atoms with van der Waals surface area (Å²) in [6, 6.07) is 19.9. The maximum atomic E-state index is 13.0. The third-order valence-corrected chi connectivity index (χ3v) is 7.86. The molecule has 31 heavy (non-hydrogen) atoms. The molecule has 0 aliphatic heterocycles. The van der Waals surface area contributed by atoms with Crippen molar-refractivity contribution in [2.24, 2.45) is 0 Å². The predicted octanol–water partition coefficient (Wildman–Crippen LogP) is 6.01. The Labute approximate surface area is 217 Å². The van der Waals surface area contributed by atoms with Crippen molar-refractivity contribution in [2.45, 2.75) is 6.61 Å². The molecule has 4 nitrogen and oxygen atoms in total. The van der Waals surface area contributed by atoms with Gasteiger partial charge in [0.05, 0.1) is 22.7 Å². The largest absolute Gasteiger partial charge is 0.487 e. The van der Waals surface area contributed by atoms with Gasteiger partial charge in [-0.2, -0.15) is 0 Å². The lowest BCUT2D eigenvalue weighted by molar-refractivity contribution is 0.301. The summed E-state index contributed by atoms with van der Waals surface area (Å²) in [6.45, 7) is 0.502. The van der Waals surface area contributed by atoms with Crippen molar-refractivity contribution >= 4 is 94.5 Å². The molecule has 0 spiro atoms. The van der Waals surface area contributed by atoms with E-state index in [1.165, 1.54) is 11.3 Å². The molecule has 0 amide bonds. The first-order chi connectivity index (χ1) is 15.0. The van der Waals surface area contributed by atoms with E-state index < -0.39 is 0 Å². The van der Waals surface area contributed by atoms with E-state index in [9.17, 15) is 4.79 Å². The third-order valence-electron chi connectivity index (χ3n) is 4.76. The third kappa shape index (κ3) is 4.27. The summed E-state index contributed by atoms with van der Waals surface area (Å²) in [6.07, 6.45) is 1.93. The molecule has 0 unspecified atom stereocenters. The van der Waals surface area contributed by atoms with Gasteiger partial charge in [-0.3, -0.25) is 4.79 Å². The van der Waals surface area contributed by atoms with Crippen LogP contribution in [0.3, 0.4) is 0 Å². The molecule has 0 bridgehead atoms. The highest BCUT2D eigenvalue weighted by Gasteiger charge is 2.12. The first kappa shape index (κ1) is 21.4. The molecule has 0 saturated heterocycles. The molecule has 0 aliphatic rings. The van der Waals surface area contributed by atoms with Gasteiger partial charge in [-0.25, -0.2) is 9.38 Å². The van der Waals surface area contributed by atoms with Crippen molar-refractivity contribution in [1.82, 2.24) is 9.38 Å². The van der Waals surface area contributed by atoms with Crippen LogP contribution in [0.1, 0.15) is 11.1 Å². The molecule has 0 aliphatic carbocycles. The number of aromatic nitrogens is 2. The summed E-state index contributed by atoms with van der Waals surface area (Å²) in [5.74, 6) is 0.857. The van der Waals surface area contributed by atoms with Gasteiger partial charge in [-0.1, -0.05) is 51.5 Å². The second kappa shape index (κ2) is 8.80. The van der Waals surface area contributed by atoms with Crippen LogP contribution in [-0.2, 0) is 6.61 Å². The molecule has 2 heterocycles. The highest BCUT2D eigenvalue weighted by molar-refractivity contribution is 14.1. The number of hydrogen-bond donors (Lipinski definition) is 0. The van der Waals surface area contributed by atoms with Gasteiger partial charge >= 0.3 is 0 Å². The fraction of sp³-hybridized carbons (Fsp3) is 0.0435. The zero-order chi connectivity index (χ0) is 21.5. The lowest BCUT2D eigenvalue weighted by Crippen LogP contribution is -2.22. The number of imidazole rings is 1. The number of rotatable bonds is 4. The first-order valence-corrected chi connectivity index (χ1v) is 13.0. The second-order valence-electron chi connectivity index (χ2n) is 6.86. The molecule has 3 aromatic carbocycles. The maximum Gasteiger partial charge on any atom is 0.274 e. The van der Waals surface area contributed by atoms with Gasteiger partial charge in [0.15, 0.2) is 4.96 Å². The van der Waals surface area contributed by atoms with Gasteiger partial charge in [0.2, 0.25) is 0 Å². The Hall–Kier alpha value is -1.50. The fourth-order valence-electron chi connectivity index (χ4n) is 3.30. The Morgan fingerprint density at radius 2 is 1.77 bits per heavy atom. The molecular formula is C23H13BrI2N2O2S. The minimum atomic E-state index is -0.0331. The number of para-hydroxylation sites is 2. The van der Waals surface area contributed by atoms with Crippen molar-refractivity contribution in [1.29, 1.82) is 0 Å². The zero-order valence-electron chi connectivity index (χ0n) is 15.8. The van der Waals surface area contributed by atoms with Crippen molar-refractivity contribution in [3.63, 3.8) is 0 Å². The Bertz CT molecular complexity index is 1520. The molecule has 0 radical (unpaired) electrons. The lowest BCUT2D eigenvalue weighted by atomic mass is 10.2. The van der Waals surface area contributed by atoms with Gasteiger partial charge in [0.25, 0.3) is 5.56 Å². The summed E-state index contributed by atoms with van der Waals surface area (Å²) < 4.78 is 11.5. The minimum Gasteiger partial charge on any atom is -0.487 e. The van der Waals surface area contributed by atoms with Gasteiger partial charge in [0, 0.05) is 4.47 Å². The number of nitrogens with zero attached hydrogens (tertiary/aromatic N) is 2. The molecule has 0 atom stereocenters. The topological polar surface area (TPSA) is 43.6 Å². The molecule has 5 aromatic rings. The van der Waals surface area contributed by atoms with E-state index in [-0.39, 0.29) is 5.56 Å². The molecule has 2 aromatic heterocycles. The number of benzene rings is 3. The van der Waals surface area contributed by atoms with Gasteiger partial charge in [-0.05, 0) is 98.8 Å². The Morgan fingerprint density at radius 1 is 1.06 bits per heavy atom. The molecule has 0 fully saturated rings. The molecule has 0 N–H and O–H groups in total. The van der Waals surface area contributed by atoms with Gasteiger partial charge in [0.1, 0.15) is 12.4 Å². The predicted molar refractivity (Wildman–Crippen MR) is 146 cm³/mol. The number of hydrogen-bond acceptors (Lipinski definition) is 4. The lowest BCUT2D eigenvalue weighted by Gasteiger charge is -2.11. The zero-order valence-corrected chi connectivity index (χ0v) is 22.5. The molecule has 0 saturated carbocycles. The smallest absolute Gasteiger partial charge is 0.274 e. The van der Waals surface area contributed by atoms with Crippen LogP contribution >= 0.6 is 72.4 Å². The van der Waals surface area contributed by atoms with Crippen LogP contribution in [0.2, 0.25) is 0 Å². The van der Waals surface area contributed by atoms with E-state index in [2.05, 4.69) is 66.1 Å². The van der Waals surface area contributed by atoms with Crippen molar-refractivity contribution < 1.29 is 4.74 Å². The normalized spacial score (nSPS) is 12.2. The highest BCUT2D eigenvalue weighted by atomic mass is 127. The fourth-order valence-corrected chi connectivity index (χ4v) is 6.68. The number of fused-ring (bicyclic) bond motifs is 3. The summed E-state index contributed by atoms with van der Waals surface area (Å²) in [7, 11) is 0. The summed E-state index contributed by atoms with van der Waals surface area (Å²) in [4.78, 5) is 18.3. The summed E-state index contributed by atoms with van der Waals surface area (Å²) in [5.41, 5.74) is 3.73. The van der Waals surface area contributed by atoms with Gasteiger partial charge < -0.3 is 4.74 Å². The molecule has 154 valence electrons. The molecule has 5 rings (SSSR count). The average molecular weight is 715 g/mol. The van der Waals surface area contributed by atoms with E-state index in [0.717, 1.165) is 44.5 Å². The van der Waals surface area contributed by atoms with Crippen LogP contribution in [0.5, 0.6) is 5.75 Å².